The predicted molar refractivity (Wildman–Crippen MR) is 117 cm³/mol. The Morgan fingerprint density at radius 3 is 1.62 bits per heavy atom. The molecule has 0 unspecified atom stereocenters. The molecule has 0 atom stereocenters. The van der Waals surface area contributed by atoms with Crippen molar-refractivity contribution in [2.24, 2.45) is 0 Å². The minimum atomic E-state index is 0.987. The van der Waals surface area contributed by atoms with Crippen LogP contribution in [-0.4, -0.2) is 17.3 Å². The lowest BCUT2D eigenvalue weighted by Crippen LogP contribution is -1.94. The Kier molecular flexibility index (Phi) is 13.4. The van der Waals surface area contributed by atoms with Crippen LogP contribution in [0.15, 0.2) is 26.8 Å². The van der Waals surface area contributed by atoms with E-state index in [1.54, 1.807) is 4.90 Å². The Morgan fingerprint density at radius 2 is 1.21 bits per heavy atom. The molecule has 0 spiro atoms. The molecule has 0 heterocycles. The molecule has 0 aliphatic heterocycles. The molecular weight excluding hydrogens is 348 g/mol. The lowest BCUT2D eigenvalue weighted by molar-refractivity contribution is 0.886. The summed E-state index contributed by atoms with van der Waals surface area (Å²) in [6.45, 7) is 10.9. The highest BCUT2D eigenvalue weighted by Crippen LogP contribution is 2.41. The molecule has 0 nitrogen and oxygen atoms in total. The average molecular weight is 384 g/mol. The number of hydrogen-bond acceptors (Lipinski definition) is 3. The highest BCUT2D eigenvalue weighted by molar-refractivity contribution is 8.03. The molecule has 1 rings (SSSR count). The van der Waals surface area contributed by atoms with Gasteiger partial charge in [-0.25, -0.2) is 0 Å². The van der Waals surface area contributed by atoms with Gasteiger partial charge in [0, 0.05) is 14.7 Å². The molecule has 0 saturated carbocycles. The van der Waals surface area contributed by atoms with Crippen LogP contribution in [0, 0.1) is 6.92 Å². The number of benzene rings is 1. The quantitative estimate of drug-likeness (QED) is 0.235. The van der Waals surface area contributed by atoms with Gasteiger partial charge in [-0.15, -0.1) is 35.3 Å². The summed E-state index contributed by atoms with van der Waals surface area (Å²) in [5.41, 5.74) is 1.47. The third-order valence-corrected chi connectivity index (χ3v) is 7.53. The first-order valence-electron chi connectivity index (χ1n) is 9.61. The van der Waals surface area contributed by atoms with Crippen molar-refractivity contribution in [2.75, 3.05) is 17.3 Å². The van der Waals surface area contributed by atoms with Gasteiger partial charge in [0.25, 0.3) is 0 Å². The fraction of sp³-hybridized carbons (Fsp3) is 0.667. The molecule has 1 aromatic rings. The van der Waals surface area contributed by atoms with Crippen LogP contribution in [0.1, 0.15) is 71.3 Å². The summed E-state index contributed by atoms with van der Waals surface area (Å²) in [4.78, 5) is 4.60. The normalized spacial score (nSPS) is 11.2. The third kappa shape index (κ3) is 8.58. The van der Waals surface area contributed by atoms with Gasteiger partial charge in [0.2, 0.25) is 0 Å². The molecular formula is C21H35S3. The molecule has 1 aromatic carbocycles. The van der Waals surface area contributed by atoms with Crippen LogP contribution in [0.25, 0.3) is 0 Å². The van der Waals surface area contributed by atoms with Crippen molar-refractivity contribution in [3.05, 3.63) is 24.6 Å². The largest absolute Gasteiger partial charge is 0.125 e. The van der Waals surface area contributed by atoms with E-state index in [1.165, 1.54) is 71.1 Å². The molecule has 0 aromatic heterocycles. The molecule has 24 heavy (non-hydrogen) atoms. The Morgan fingerprint density at radius 1 is 0.750 bits per heavy atom. The summed E-state index contributed by atoms with van der Waals surface area (Å²) in [5, 5.41) is 0. The van der Waals surface area contributed by atoms with Gasteiger partial charge in [-0.1, -0.05) is 47.0 Å². The van der Waals surface area contributed by atoms with Gasteiger partial charge < -0.3 is 0 Å². The van der Waals surface area contributed by atoms with Crippen LogP contribution in [0.2, 0.25) is 0 Å². The number of hydrogen-bond donors (Lipinski definition) is 0. The first-order valence-corrected chi connectivity index (χ1v) is 12.6. The highest BCUT2D eigenvalue weighted by atomic mass is 32.2. The maximum Gasteiger partial charge on any atom is 0.0344 e. The topological polar surface area (TPSA) is 0 Å². The smallest absolute Gasteiger partial charge is 0.0344 e. The summed E-state index contributed by atoms with van der Waals surface area (Å²) in [7, 11) is 0. The lowest BCUT2D eigenvalue weighted by atomic mass is 10.1. The van der Waals surface area contributed by atoms with Gasteiger partial charge in [0.1, 0.15) is 0 Å². The van der Waals surface area contributed by atoms with E-state index in [0.717, 1.165) is 12.8 Å². The molecule has 0 fully saturated rings. The van der Waals surface area contributed by atoms with Crippen LogP contribution in [0.5, 0.6) is 0 Å². The highest BCUT2D eigenvalue weighted by Gasteiger charge is 2.13. The van der Waals surface area contributed by atoms with Crippen molar-refractivity contribution in [1.29, 1.82) is 0 Å². The van der Waals surface area contributed by atoms with Gasteiger partial charge in [-0.05, 0) is 67.1 Å². The zero-order valence-electron chi connectivity index (χ0n) is 15.9. The van der Waals surface area contributed by atoms with Gasteiger partial charge in [0.05, 0.1) is 0 Å². The van der Waals surface area contributed by atoms with E-state index in [2.05, 4.69) is 75.1 Å². The van der Waals surface area contributed by atoms with Crippen LogP contribution >= 0.6 is 35.3 Å². The number of aryl methyl sites for hydroxylation is 1. The second kappa shape index (κ2) is 14.4. The van der Waals surface area contributed by atoms with Crippen molar-refractivity contribution < 1.29 is 0 Å². The van der Waals surface area contributed by atoms with E-state index in [0.29, 0.717) is 0 Å². The van der Waals surface area contributed by atoms with E-state index in [-0.39, 0.29) is 0 Å². The van der Waals surface area contributed by atoms with Crippen molar-refractivity contribution in [2.45, 2.75) is 86.8 Å². The second-order valence-corrected chi connectivity index (χ2v) is 9.51. The lowest BCUT2D eigenvalue weighted by Gasteiger charge is -2.16. The zero-order valence-corrected chi connectivity index (χ0v) is 18.3. The molecule has 0 saturated heterocycles. The Balaban J connectivity index is 3.01. The van der Waals surface area contributed by atoms with Crippen LogP contribution in [-0.2, 0) is 6.42 Å². The van der Waals surface area contributed by atoms with E-state index in [9.17, 15) is 0 Å². The van der Waals surface area contributed by atoms with Gasteiger partial charge >= 0.3 is 0 Å². The first-order chi connectivity index (χ1) is 11.8. The summed E-state index contributed by atoms with van der Waals surface area (Å²) >= 11 is 6.22. The Labute approximate surface area is 163 Å². The Hall–Kier alpha value is 0.270. The van der Waals surface area contributed by atoms with Gasteiger partial charge in [-0.3, -0.25) is 0 Å². The number of unbranched alkanes of at least 4 members (excludes halogenated alkanes) is 3. The Bertz CT molecular complexity index is 412. The van der Waals surface area contributed by atoms with Crippen LogP contribution in [0.3, 0.4) is 0 Å². The van der Waals surface area contributed by atoms with Crippen LogP contribution < -0.4 is 0 Å². The molecule has 0 N–H and O–H groups in total. The average Bonchev–Trinajstić information content (AvgIpc) is 2.58. The number of rotatable bonds is 14. The molecule has 0 amide bonds. The van der Waals surface area contributed by atoms with E-state index >= 15 is 0 Å². The maximum absolute atomic E-state index is 4.06. The second-order valence-electron chi connectivity index (χ2n) is 6.13. The zero-order chi connectivity index (χ0) is 17.6. The van der Waals surface area contributed by atoms with Crippen molar-refractivity contribution in [3.63, 3.8) is 0 Å². The molecule has 0 aliphatic carbocycles. The summed E-state index contributed by atoms with van der Waals surface area (Å²) in [5.74, 6) is 3.73. The summed E-state index contributed by atoms with van der Waals surface area (Å²) in [6, 6.07) is 4.90. The summed E-state index contributed by atoms with van der Waals surface area (Å²) in [6.07, 6.45) is 9.85. The minimum Gasteiger partial charge on any atom is -0.125 e. The molecule has 137 valence electrons. The van der Waals surface area contributed by atoms with Crippen molar-refractivity contribution in [1.82, 2.24) is 0 Å². The third-order valence-electron chi connectivity index (χ3n) is 3.80. The maximum atomic E-state index is 4.06. The number of thioether (sulfide) groups is 3. The van der Waals surface area contributed by atoms with Crippen LogP contribution in [0.4, 0.5) is 0 Å². The van der Waals surface area contributed by atoms with E-state index in [4.69, 9.17) is 0 Å². The van der Waals surface area contributed by atoms with Gasteiger partial charge in [-0.2, -0.15) is 0 Å². The van der Waals surface area contributed by atoms with E-state index < -0.39 is 0 Å². The first kappa shape index (κ1) is 22.3. The van der Waals surface area contributed by atoms with Gasteiger partial charge in [0.15, 0.2) is 0 Å². The monoisotopic (exact) mass is 383 g/mol. The molecule has 1 radical (unpaired) electrons. The fourth-order valence-corrected chi connectivity index (χ4v) is 6.38. The molecule has 0 bridgehead atoms. The van der Waals surface area contributed by atoms with Crippen molar-refractivity contribution in [3.8, 4) is 0 Å². The van der Waals surface area contributed by atoms with Crippen molar-refractivity contribution >= 4 is 35.3 Å². The standard InChI is InChI=1S/C21H35S3/c1-5-9-13-22-19-16-18(12-8-4)17-20(23-14-10-6-2)21(19)24-15-11-7-3/h16-17H,4-15H2,1-3H3. The fourth-order valence-electron chi connectivity index (χ4n) is 2.31. The van der Waals surface area contributed by atoms with E-state index in [1.807, 2.05) is 0 Å². The molecule has 0 aliphatic rings. The summed E-state index contributed by atoms with van der Waals surface area (Å²) < 4.78 is 0. The predicted octanol–water partition coefficient (Wildman–Crippen LogP) is 8.13. The SMILES string of the molecule is [CH2]CCc1cc(SCCCC)c(SCCCC)c(SCCCC)c1. The minimum absolute atomic E-state index is 0.987. The molecule has 3 heteroatoms.